The average molecular weight is 399 g/mol. The van der Waals surface area contributed by atoms with Gasteiger partial charge in [-0.15, -0.1) is 0 Å². The van der Waals surface area contributed by atoms with Crippen LogP contribution in [0.15, 0.2) is 48.5 Å². The Morgan fingerprint density at radius 2 is 1.79 bits per heavy atom. The van der Waals surface area contributed by atoms with Crippen LogP contribution in [0.2, 0.25) is 0 Å². The minimum atomic E-state index is 0.0550. The summed E-state index contributed by atoms with van der Waals surface area (Å²) in [6.45, 7) is 3.61. The van der Waals surface area contributed by atoms with Crippen LogP contribution in [-0.4, -0.2) is 57.9 Å². The molecule has 29 heavy (non-hydrogen) atoms. The molecule has 0 bridgehead atoms. The molecule has 3 rings (SSSR count). The molecule has 1 aliphatic heterocycles. The van der Waals surface area contributed by atoms with Crippen molar-refractivity contribution in [2.24, 2.45) is 0 Å². The van der Waals surface area contributed by atoms with Crippen LogP contribution in [0.3, 0.4) is 0 Å². The first-order chi connectivity index (χ1) is 14.2. The standard InChI is InChI=1S/C23H30N2O4/c1-27-21-10-9-19(16-22(21)28-2)20(25-12-14-29-15-13-25)17-24-23(26)11-8-18-6-4-3-5-7-18/h3-7,9-10,16,20H,8,11-15,17H2,1-2H3,(H,24,26)/t20-/m1/s1. The zero-order chi connectivity index (χ0) is 20.5. The lowest BCUT2D eigenvalue weighted by molar-refractivity contribution is -0.121. The van der Waals surface area contributed by atoms with Crippen molar-refractivity contribution in [1.29, 1.82) is 0 Å². The van der Waals surface area contributed by atoms with Crippen LogP contribution in [0.25, 0.3) is 0 Å². The zero-order valence-corrected chi connectivity index (χ0v) is 17.2. The predicted octanol–water partition coefficient (Wildman–Crippen LogP) is 2.83. The second kappa shape index (κ2) is 10.8. The molecule has 6 heteroatoms. The maximum absolute atomic E-state index is 12.5. The van der Waals surface area contributed by atoms with Crippen molar-refractivity contribution in [3.05, 3.63) is 59.7 Å². The highest BCUT2D eigenvalue weighted by atomic mass is 16.5. The molecule has 2 aromatic carbocycles. The summed E-state index contributed by atoms with van der Waals surface area (Å²) in [4.78, 5) is 14.8. The zero-order valence-electron chi connectivity index (χ0n) is 17.2. The van der Waals surface area contributed by atoms with Gasteiger partial charge in [-0.2, -0.15) is 0 Å². The summed E-state index contributed by atoms with van der Waals surface area (Å²) in [7, 11) is 3.26. The van der Waals surface area contributed by atoms with Crippen molar-refractivity contribution in [3.8, 4) is 11.5 Å². The third-order valence-electron chi connectivity index (χ3n) is 5.25. The molecule has 0 aromatic heterocycles. The van der Waals surface area contributed by atoms with Gasteiger partial charge in [0.1, 0.15) is 0 Å². The topological polar surface area (TPSA) is 60.0 Å². The van der Waals surface area contributed by atoms with Crippen LogP contribution in [-0.2, 0) is 16.0 Å². The normalized spacial score (nSPS) is 15.5. The SMILES string of the molecule is COc1ccc([C@@H](CNC(=O)CCc2ccccc2)N2CCOCC2)cc1OC. The van der Waals surface area contributed by atoms with E-state index in [4.69, 9.17) is 14.2 Å². The Hall–Kier alpha value is -2.57. The number of morpholine rings is 1. The predicted molar refractivity (Wildman–Crippen MR) is 112 cm³/mol. The molecule has 0 radical (unpaired) electrons. The highest BCUT2D eigenvalue weighted by Crippen LogP contribution is 2.32. The summed E-state index contributed by atoms with van der Waals surface area (Å²) in [6, 6.07) is 16.1. The molecule has 0 unspecified atom stereocenters. The highest BCUT2D eigenvalue weighted by molar-refractivity contribution is 5.76. The average Bonchev–Trinajstić information content (AvgIpc) is 2.79. The van der Waals surface area contributed by atoms with Gasteiger partial charge in [-0.25, -0.2) is 0 Å². The van der Waals surface area contributed by atoms with E-state index in [-0.39, 0.29) is 11.9 Å². The van der Waals surface area contributed by atoms with Gasteiger partial charge in [0, 0.05) is 26.1 Å². The van der Waals surface area contributed by atoms with E-state index in [1.165, 1.54) is 5.56 Å². The van der Waals surface area contributed by atoms with Gasteiger partial charge in [-0.05, 0) is 29.7 Å². The smallest absolute Gasteiger partial charge is 0.220 e. The lowest BCUT2D eigenvalue weighted by Crippen LogP contribution is -2.43. The van der Waals surface area contributed by atoms with Crippen LogP contribution < -0.4 is 14.8 Å². The fourth-order valence-corrected chi connectivity index (χ4v) is 3.61. The van der Waals surface area contributed by atoms with Crippen molar-refractivity contribution in [3.63, 3.8) is 0 Å². The number of nitrogens with one attached hydrogen (secondary N) is 1. The summed E-state index contributed by atoms with van der Waals surface area (Å²) in [5.41, 5.74) is 2.26. The summed E-state index contributed by atoms with van der Waals surface area (Å²) < 4.78 is 16.3. The van der Waals surface area contributed by atoms with Crippen molar-refractivity contribution in [2.45, 2.75) is 18.9 Å². The van der Waals surface area contributed by atoms with Crippen LogP contribution in [0, 0.1) is 0 Å². The van der Waals surface area contributed by atoms with Gasteiger partial charge < -0.3 is 19.5 Å². The van der Waals surface area contributed by atoms with E-state index >= 15 is 0 Å². The molecule has 1 amide bonds. The van der Waals surface area contributed by atoms with Crippen LogP contribution in [0.5, 0.6) is 11.5 Å². The molecule has 0 aliphatic carbocycles. The maximum Gasteiger partial charge on any atom is 0.220 e. The van der Waals surface area contributed by atoms with E-state index in [9.17, 15) is 4.79 Å². The number of benzene rings is 2. The van der Waals surface area contributed by atoms with E-state index in [2.05, 4.69) is 10.2 Å². The number of carbonyl (C=O) groups is 1. The molecule has 1 aliphatic rings. The largest absolute Gasteiger partial charge is 0.493 e. The number of methoxy groups -OCH3 is 2. The third kappa shape index (κ3) is 5.95. The molecule has 156 valence electrons. The summed E-state index contributed by atoms with van der Waals surface area (Å²) in [6.07, 6.45) is 1.22. The van der Waals surface area contributed by atoms with Crippen molar-refractivity contribution >= 4 is 5.91 Å². The number of nitrogens with zero attached hydrogens (tertiary/aromatic N) is 1. The van der Waals surface area contributed by atoms with E-state index in [0.29, 0.717) is 37.7 Å². The van der Waals surface area contributed by atoms with Gasteiger partial charge >= 0.3 is 0 Å². The molecule has 1 atom stereocenters. The van der Waals surface area contributed by atoms with E-state index in [1.807, 2.05) is 48.5 Å². The van der Waals surface area contributed by atoms with Crippen LogP contribution >= 0.6 is 0 Å². The number of ether oxygens (including phenoxy) is 3. The molecule has 1 saturated heterocycles. The van der Waals surface area contributed by atoms with Crippen LogP contribution in [0.1, 0.15) is 23.6 Å². The Morgan fingerprint density at radius 3 is 2.48 bits per heavy atom. The summed E-state index contributed by atoms with van der Waals surface area (Å²) >= 11 is 0. The minimum Gasteiger partial charge on any atom is -0.493 e. The van der Waals surface area contributed by atoms with Crippen molar-refractivity contribution in [1.82, 2.24) is 10.2 Å². The Kier molecular flexibility index (Phi) is 7.90. The second-order valence-electron chi connectivity index (χ2n) is 7.07. The van der Waals surface area contributed by atoms with E-state index < -0.39 is 0 Å². The molecule has 1 heterocycles. The molecule has 6 nitrogen and oxygen atoms in total. The molecule has 2 aromatic rings. The number of carbonyl (C=O) groups excluding carboxylic acids is 1. The molecule has 0 saturated carbocycles. The van der Waals surface area contributed by atoms with Gasteiger partial charge in [-0.1, -0.05) is 36.4 Å². The summed E-state index contributed by atoms with van der Waals surface area (Å²) in [5, 5.41) is 3.12. The Balaban J connectivity index is 1.66. The monoisotopic (exact) mass is 398 g/mol. The van der Waals surface area contributed by atoms with Crippen molar-refractivity contribution in [2.75, 3.05) is 47.1 Å². The van der Waals surface area contributed by atoms with Crippen molar-refractivity contribution < 1.29 is 19.0 Å². The Morgan fingerprint density at radius 1 is 1.07 bits per heavy atom. The van der Waals surface area contributed by atoms with Gasteiger partial charge in [0.25, 0.3) is 0 Å². The Labute approximate surface area is 172 Å². The van der Waals surface area contributed by atoms with Gasteiger partial charge in [-0.3, -0.25) is 9.69 Å². The molecular weight excluding hydrogens is 368 g/mol. The molecule has 0 spiro atoms. The molecular formula is C23H30N2O4. The molecule has 1 N–H and O–H groups in total. The lowest BCUT2D eigenvalue weighted by atomic mass is 10.0. The van der Waals surface area contributed by atoms with Crippen LogP contribution in [0.4, 0.5) is 0 Å². The highest BCUT2D eigenvalue weighted by Gasteiger charge is 2.24. The fraction of sp³-hybridized carbons (Fsp3) is 0.435. The number of hydrogen-bond donors (Lipinski definition) is 1. The minimum absolute atomic E-state index is 0.0550. The van der Waals surface area contributed by atoms with Gasteiger partial charge in [0.15, 0.2) is 11.5 Å². The first kappa shape index (κ1) is 21.1. The quantitative estimate of drug-likeness (QED) is 0.704. The lowest BCUT2D eigenvalue weighted by Gasteiger charge is -2.35. The van der Waals surface area contributed by atoms with Gasteiger partial charge in [0.05, 0.1) is 33.5 Å². The second-order valence-corrected chi connectivity index (χ2v) is 7.07. The fourth-order valence-electron chi connectivity index (χ4n) is 3.61. The number of aryl methyl sites for hydroxylation is 1. The molecule has 1 fully saturated rings. The number of rotatable bonds is 9. The van der Waals surface area contributed by atoms with E-state index in [0.717, 1.165) is 25.1 Å². The van der Waals surface area contributed by atoms with Gasteiger partial charge in [0.2, 0.25) is 5.91 Å². The first-order valence-corrected chi connectivity index (χ1v) is 10.1. The third-order valence-corrected chi connectivity index (χ3v) is 5.25. The van der Waals surface area contributed by atoms with E-state index in [1.54, 1.807) is 14.2 Å². The Bertz CT molecular complexity index is 776. The maximum atomic E-state index is 12.5. The summed E-state index contributed by atoms with van der Waals surface area (Å²) in [5.74, 6) is 1.45. The first-order valence-electron chi connectivity index (χ1n) is 10.1. The number of hydrogen-bond acceptors (Lipinski definition) is 5. The number of amides is 1.